The van der Waals surface area contributed by atoms with Crippen LogP contribution in [0.1, 0.15) is 35.2 Å². The molecule has 3 heterocycles. The van der Waals surface area contributed by atoms with Crippen molar-refractivity contribution >= 4 is 44.1 Å². The number of carbonyl (C=O) groups is 2. The van der Waals surface area contributed by atoms with E-state index in [0.29, 0.717) is 46.3 Å². The zero-order chi connectivity index (χ0) is 30.4. The average Bonchev–Trinajstić information content (AvgIpc) is 3.72. The number of carbonyl (C=O) groups excluding carboxylic acids is 2. The van der Waals surface area contributed by atoms with Gasteiger partial charge in [-0.05, 0) is 72.1 Å². The molecule has 0 saturated carbocycles. The summed E-state index contributed by atoms with van der Waals surface area (Å²) in [6.45, 7) is 2.38. The molecule has 0 unspecified atom stereocenters. The second kappa shape index (κ2) is 11.2. The number of anilines is 1. The quantitative estimate of drug-likeness (QED) is 0.123. The SMILES string of the molecule is COc1ccc2nc(N3C(=O)C(=O)/C(=C(/O)c4ccc5c(c4)C[C@H](C)O5)[C@@H]3c3ccc(OCc4ccccc4)cc3)sc2c1. The van der Waals surface area contributed by atoms with Crippen LogP contribution in [0.2, 0.25) is 0 Å². The number of hydrogen-bond acceptors (Lipinski definition) is 8. The third kappa shape index (κ3) is 4.95. The van der Waals surface area contributed by atoms with E-state index in [-0.39, 0.29) is 17.4 Å². The monoisotopic (exact) mass is 604 g/mol. The van der Waals surface area contributed by atoms with Crippen molar-refractivity contribution in [2.24, 2.45) is 0 Å². The lowest BCUT2D eigenvalue weighted by molar-refractivity contribution is -0.132. The number of Topliss-reactive ketones (excluding diaryl/α,β-unsaturated/α-hetero) is 1. The minimum Gasteiger partial charge on any atom is -0.507 e. The van der Waals surface area contributed by atoms with E-state index in [1.54, 1.807) is 37.4 Å². The Bertz CT molecular complexity index is 1930. The summed E-state index contributed by atoms with van der Waals surface area (Å²) >= 11 is 1.28. The molecule has 2 aliphatic heterocycles. The Morgan fingerprint density at radius 3 is 2.55 bits per heavy atom. The normalized spacial score (nSPS) is 18.8. The lowest BCUT2D eigenvalue weighted by Gasteiger charge is -2.23. The van der Waals surface area contributed by atoms with Crippen molar-refractivity contribution < 1.29 is 28.9 Å². The van der Waals surface area contributed by atoms with Crippen molar-refractivity contribution in [1.29, 1.82) is 0 Å². The number of aliphatic hydroxyl groups is 1. The minimum absolute atomic E-state index is 0.00305. The molecule has 1 N–H and O–H groups in total. The lowest BCUT2D eigenvalue weighted by atomic mass is 9.94. The second-order valence-corrected chi connectivity index (χ2v) is 11.8. The standard InChI is InChI=1S/C35H28N2O6S/c1-20-16-24-17-23(10-15-28(24)43-20)32(38)30-31(22-8-11-25(12-9-22)42-19-21-6-4-3-5-7-21)37(34(40)33(30)39)35-36-27-14-13-26(41-2)18-29(27)44-35/h3-15,17-18,20,31,38H,16,19H2,1-2H3/b32-30+/t20-,31-/m0/s1. The topological polar surface area (TPSA) is 98.2 Å². The van der Waals surface area contributed by atoms with Gasteiger partial charge in [-0.1, -0.05) is 53.8 Å². The van der Waals surface area contributed by atoms with Crippen LogP contribution < -0.4 is 19.1 Å². The number of aliphatic hydroxyl groups excluding tert-OH is 1. The Labute approximate surface area is 257 Å². The van der Waals surface area contributed by atoms with Gasteiger partial charge in [-0.25, -0.2) is 4.98 Å². The van der Waals surface area contributed by atoms with Crippen molar-refractivity contribution in [2.45, 2.75) is 32.1 Å². The molecular weight excluding hydrogens is 576 g/mol. The number of ether oxygens (including phenoxy) is 3. The van der Waals surface area contributed by atoms with Gasteiger partial charge in [0.2, 0.25) is 0 Å². The molecule has 220 valence electrons. The highest BCUT2D eigenvalue weighted by Crippen LogP contribution is 2.45. The number of ketones is 1. The van der Waals surface area contributed by atoms with Gasteiger partial charge in [-0.2, -0.15) is 0 Å². The van der Waals surface area contributed by atoms with Crippen molar-refractivity contribution in [3.8, 4) is 17.2 Å². The molecule has 0 radical (unpaired) electrons. The van der Waals surface area contributed by atoms with Gasteiger partial charge in [-0.3, -0.25) is 14.5 Å². The first-order chi connectivity index (χ1) is 21.4. The van der Waals surface area contributed by atoms with Crippen LogP contribution in [0.25, 0.3) is 16.0 Å². The third-order valence-corrected chi connectivity index (χ3v) is 8.87. The van der Waals surface area contributed by atoms with E-state index in [0.717, 1.165) is 21.6 Å². The van der Waals surface area contributed by atoms with E-state index in [9.17, 15) is 14.7 Å². The van der Waals surface area contributed by atoms with Gasteiger partial charge in [0.25, 0.3) is 5.78 Å². The molecule has 1 saturated heterocycles. The summed E-state index contributed by atoms with van der Waals surface area (Å²) in [5.41, 5.74) is 3.72. The maximum Gasteiger partial charge on any atom is 0.301 e. The molecule has 0 bridgehead atoms. The Balaban J connectivity index is 1.31. The van der Waals surface area contributed by atoms with Crippen molar-refractivity contribution in [3.05, 3.63) is 119 Å². The third-order valence-electron chi connectivity index (χ3n) is 7.85. The van der Waals surface area contributed by atoms with E-state index >= 15 is 0 Å². The molecule has 1 fully saturated rings. The smallest absolute Gasteiger partial charge is 0.301 e. The molecule has 0 spiro atoms. The van der Waals surface area contributed by atoms with Gasteiger partial charge in [0.05, 0.1) is 28.9 Å². The van der Waals surface area contributed by atoms with Crippen molar-refractivity contribution in [1.82, 2.24) is 4.98 Å². The summed E-state index contributed by atoms with van der Waals surface area (Å²) in [5, 5.41) is 12.0. The van der Waals surface area contributed by atoms with Crippen LogP contribution in [0, 0.1) is 0 Å². The molecule has 4 aromatic carbocycles. The highest BCUT2D eigenvalue weighted by molar-refractivity contribution is 7.22. The zero-order valence-corrected chi connectivity index (χ0v) is 24.8. The van der Waals surface area contributed by atoms with Gasteiger partial charge < -0.3 is 19.3 Å². The van der Waals surface area contributed by atoms with E-state index in [2.05, 4.69) is 0 Å². The van der Waals surface area contributed by atoms with Crippen LogP contribution in [0.4, 0.5) is 5.13 Å². The molecule has 2 atom stereocenters. The van der Waals surface area contributed by atoms with Crippen LogP contribution >= 0.6 is 11.3 Å². The molecule has 8 nitrogen and oxygen atoms in total. The Morgan fingerprint density at radius 1 is 1.00 bits per heavy atom. The Kier molecular flexibility index (Phi) is 7.02. The van der Waals surface area contributed by atoms with E-state index in [1.165, 1.54) is 16.2 Å². The zero-order valence-electron chi connectivity index (χ0n) is 24.0. The number of amides is 1. The summed E-state index contributed by atoms with van der Waals surface area (Å²) < 4.78 is 18.0. The molecular formula is C35H28N2O6S. The van der Waals surface area contributed by atoms with Crippen LogP contribution in [-0.4, -0.2) is 35.0 Å². The highest BCUT2D eigenvalue weighted by atomic mass is 32.1. The molecule has 1 aromatic heterocycles. The average molecular weight is 605 g/mol. The molecule has 7 rings (SSSR count). The van der Waals surface area contributed by atoms with Gasteiger partial charge in [0.15, 0.2) is 5.13 Å². The number of fused-ring (bicyclic) bond motifs is 2. The summed E-state index contributed by atoms with van der Waals surface area (Å²) in [6.07, 6.45) is 0.710. The van der Waals surface area contributed by atoms with Crippen LogP contribution in [0.5, 0.6) is 17.2 Å². The predicted molar refractivity (Wildman–Crippen MR) is 168 cm³/mol. The van der Waals surface area contributed by atoms with Crippen LogP contribution in [0.15, 0.2) is 96.6 Å². The molecule has 2 aliphatic rings. The summed E-state index contributed by atoms with van der Waals surface area (Å²) in [6, 6.07) is 26.9. The molecule has 5 aromatic rings. The Hall–Kier alpha value is -5.15. The molecule has 9 heteroatoms. The van der Waals surface area contributed by atoms with Crippen LogP contribution in [-0.2, 0) is 22.6 Å². The first-order valence-electron chi connectivity index (χ1n) is 14.2. The van der Waals surface area contributed by atoms with Gasteiger partial charge in [0, 0.05) is 12.0 Å². The van der Waals surface area contributed by atoms with Crippen molar-refractivity contribution in [3.63, 3.8) is 0 Å². The number of nitrogens with zero attached hydrogens (tertiary/aromatic N) is 2. The predicted octanol–water partition coefficient (Wildman–Crippen LogP) is 6.83. The first kappa shape index (κ1) is 27.7. The summed E-state index contributed by atoms with van der Waals surface area (Å²) in [5.74, 6) is 0.262. The van der Waals surface area contributed by atoms with Gasteiger partial charge in [0.1, 0.15) is 35.7 Å². The number of benzene rings is 4. The van der Waals surface area contributed by atoms with E-state index in [4.69, 9.17) is 19.2 Å². The fourth-order valence-corrected chi connectivity index (χ4v) is 6.70. The minimum atomic E-state index is -0.913. The number of hydrogen-bond donors (Lipinski definition) is 1. The highest BCUT2D eigenvalue weighted by Gasteiger charge is 2.48. The maximum atomic E-state index is 13.7. The first-order valence-corrected chi connectivity index (χ1v) is 15.0. The van der Waals surface area contributed by atoms with E-state index in [1.807, 2.05) is 67.6 Å². The number of rotatable bonds is 7. The fourth-order valence-electron chi connectivity index (χ4n) is 5.68. The van der Waals surface area contributed by atoms with Crippen molar-refractivity contribution in [2.75, 3.05) is 12.0 Å². The number of aromatic nitrogens is 1. The van der Waals surface area contributed by atoms with Crippen LogP contribution in [0.3, 0.4) is 0 Å². The molecule has 0 aliphatic carbocycles. The van der Waals surface area contributed by atoms with Gasteiger partial charge in [-0.15, -0.1) is 0 Å². The molecule has 1 amide bonds. The summed E-state index contributed by atoms with van der Waals surface area (Å²) in [4.78, 5) is 33.5. The van der Waals surface area contributed by atoms with Gasteiger partial charge >= 0.3 is 5.91 Å². The fraction of sp³-hybridized carbons (Fsp3) is 0.171. The molecule has 44 heavy (non-hydrogen) atoms. The second-order valence-electron chi connectivity index (χ2n) is 10.8. The Morgan fingerprint density at radius 2 is 1.77 bits per heavy atom. The maximum absolute atomic E-state index is 13.7. The number of thiazole rings is 1. The number of methoxy groups -OCH3 is 1. The van der Waals surface area contributed by atoms with E-state index < -0.39 is 17.7 Å². The largest absolute Gasteiger partial charge is 0.507 e. The lowest BCUT2D eigenvalue weighted by Crippen LogP contribution is -2.29. The summed E-state index contributed by atoms with van der Waals surface area (Å²) in [7, 11) is 1.58.